The molecule has 0 fully saturated rings. The molecule has 0 unspecified atom stereocenters. The quantitative estimate of drug-likeness (QED) is 0.791. The van der Waals surface area contributed by atoms with Crippen LogP contribution in [-0.2, 0) is 6.42 Å². The summed E-state index contributed by atoms with van der Waals surface area (Å²) in [4.78, 5) is 12.2. The molecular weight excluding hydrogens is 248 g/mol. The first-order valence-corrected chi connectivity index (χ1v) is 7.05. The van der Waals surface area contributed by atoms with E-state index in [1.54, 1.807) is 6.20 Å². The Bertz CT molecular complexity index is 695. The maximum Gasteiger partial charge on any atom is 0.166 e. The van der Waals surface area contributed by atoms with Crippen LogP contribution in [0.1, 0.15) is 47.4 Å². The van der Waals surface area contributed by atoms with E-state index in [0.717, 1.165) is 23.4 Å². The molecule has 1 aromatic heterocycles. The number of nitrogens with zero attached hydrogens (tertiary/aromatic N) is 2. The van der Waals surface area contributed by atoms with Crippen LogP contribution in [0.2, 0.25) is 0 Å². The lowest BCUT2D eigenvalue weighted by atomic mass is 9.76. The molecule has 1 aliphatic carbocycles. The van der Waals surface area contributed by atoms with Gasteiger partial charge in [0.05, 0.1) is 23.1 Å². The molecule has 20 heavy (non-hydrogen) atoms. The molecule has 0 atom stereocenters. The Labute approximate surface area is 119 Å². The first kappa shape index (κ1) is 13.1. The minimum Gasteiger partial charge on any atom is -0.294 e. The Morgan fingerprint density at radius 1 is 1.20 bits per heavy atom. The number of rotatable bonds is 1. The maximum absolute atomic E-state index is 12.2. The monoisotopic (exact) mass is 268 g/mol. The van der Waals surface area contributed by atoms with Crippen molar-refractivity contribution in [3.05, 3.63) is 46.8 Å². The second-order valence-corrected chi connectivity index (χ2v) is 6.65. The highest BCUT2D eigenvalue weighted by molar-refractivity contribution is 5.98. The van der Waals surface area contributed by atoms with E-state index < -0.39 is 0 Å². The van der Waals surface area contributed by atoms with Gasteiger partial charge in [0.1, 0.15) is 0 Å². The van der Waals surface area contributed by atoms with Gasteiger partial charge >= 0.3 is 0 Å². The van der Waals surface area contributed by atoms with Gasteiger partial charge in [-0.25, -0.2) is 4.68 Å². The summed E-state index contributed by atoms with van der Waals surface area (Å²) in [5.74, 6) is 0.216. The number of carbonyl (C=O) groups is 1. The molecule has 0 spiro atoms. The standard InChI is InChI=1S/C17H20N2O/c1-11-5-6-12(2)14(7-11)19-15-8-17(3,4)9-16(20)13(15)10-18-19/h5-7,10H,8-9H2,1-4H3. The third kappa shape index (κ3) is 2.07. The Morgan fingerprint density at radius 2 is 1.95 bits per heavy atom. The molecule has 3 heteroatoms. The summed E-state index contributed by atoms with van der Waals surface area (Å²) in [6.07, 6.45) is 3.23. The van der Waals surface area contributed by atoms with E-state index in [2.05, 4.69) is 51.0 Å². The van der Waals surface area contributed by atoms with Crippen molar-refractivity contribution in [1.29, 1.82) is 0 Å². The molecule has 0 aliphatic heterocycles. The van der Waals surface area contributed by atoms with Crippen LogP contribution < -0.4 is 0 Å². The van der Waals surface area contributed by atoms with Crippen LogP contribution in [0.25, 0.3) is 5.69 Å². The minimum atomic E-state index is 0.0135. The second kappa shape index (κ2) is 4.30. The van der Waals surface area contributed by atoms with Crippen molar-refractivity contribution in [2.24, 2.45) is 5.41 Å². The van der Waals surface area contributed by atoms with Gasteiger partial charge in [-0.15, -0.1) is 0 Å². The van der Waals surface area contributed by atoms with E-state index in [-0.39, 0.29) is 11.2 Å². The van der Waals surface area contributed by atoms with E-state index >= 15 is 0 Å². The molecule has 1 aliphatic rings. The highest BCUT2D eigenvalue weighted by Gasteiger charge is 2.34. The van der Waals surface area contributed by atoms with Crippen molar-refractivity contribution >= 4 is 5.78 Å². The number of aryl methyl sites for hydroxylation is 2. The molecule has 0 bridgehead atoms. The molecule has 3 rings (SSSR count). The number of ketones is 1. The van der Waals surface area contributed by atoms with Crippen molar-refractivity contribution in [1.82, 2.24) is 9.78 Å². The number of hydrogen-bond acceptors (Lipinski definition) is 2. The zero-order valence-corrected chi connectivity index (χ0v) is 12.5. The van der Waals surface area contributed by atoms with Crippen LogP contribution in [-0.4, -0.2) is 15.6 Å². The number of benzene rings is 1. The van der Waals surface area contributed by atoms with Gasteiger partial charge in [0.25, 0.3) is 0 Å². The number of aromatic nitrogens is 2. The number of carbonyl (C=O) groups excluding carboxylic acids is 1. The van der Waals surface area contributed by atoms with Gasteiger partial charge in [-0.2, -0.15) is 5.10 Å². The van der Waals surface area contributed by atoms with Crippen molar-refractivity contribution in [2.45, 2.75) is 40.5 Å². The summed E-state index contributed by atoms with van der Waals surface area (Å²) in [6.45, 7) is 8.45. The Balaban J connectivity index is 2.18. The van der Waals surface area contributed by atoms with Gasteiger partial charge in [-0.1, -0.05) is 26.0 Å². The van der Waals surface area contributed by atoms with Crippen LogP contribution in [0.5, 0.6) is 0 Å². The molecule has 104 valence electrons. The van der Waals surface area contributed by atoms with Crippen LogP contribution >= 0.6 is 0 Å². The zero-order chi connectivity index (χ0) is 14.5. The molecule has 0 saturated heterocycles. The highest BCUT2D eigenvalue weighted by Crippen LogP contribution is 2.35. The molecule has 1 aromatic carbocycles. The van der Waals surface area contributed by atoms with Crippen molar-refractivity contribution in [3.8, 4) is 5.69 Å². The Morgan fingerprint density at radius 3 is 2.70 bits per heavy atom. The fourth-order valence-corrected chi connectivity index (χ4v) is 2.98. The predicted octanol–water partition coefficient (Wildman–Crippen LogP) is 3.64. The van der Waals surface area contributed by atoms with E-state index in [1.807, 2.05) is 4.68 Å². The summed E-state index contributed by atoms with van der Waals surface area (Å²) in [6, 6.07) is 6.34. The summed E-state index contributed by atoms with van der Waals surface area (Å²) in [5.41, 5.74) is 5.33. The van der Waals surface area contributed by atoms with Crippen LogP contribution in [0.3, 0.4) is 0 Å². The van der Waals surface area contributed by atoms with Crippen LogP contribution in [0.15, 0.2) is 24.4 Å². The summed E-state index contributed by atoms with van der Waals surface area (Å²) < 4.78 is 1.95. The molecule has 2 aromatic rings. The average molecular weight is 268 g/mol. The van der Waals surface area contributed by atoms with Gasteiger partial charge in [0, 0.05) is 6.42 Å². The van der Waals surface area contributed by atoms with E-state index in [0.29, 0.717) is 6.42 Å². The van der Waals surface area contributed by atoms with Crippen molar-refractivity contribution in [2.75, 3.05) is 0 Å². The third-order valence-electron chi connectivity index (χ3n) is 4.05. The van der Waals surface area contributed by atoms with E-state index in [4.69, 9.17) is 0 Å². The van der Waals surface area contributed by atoms with Crippen molar-refractivity contribution < 1.29 is 4.79 Å². The van der Waals surface area contributed by atoms with Crippen LogP contribution in [0.4, 0.5) is 0 Å². The van der Waals surface area contributed by atoms with Crippen LogP contribution in [0, 0.1) is 19.3 Å². The number of fused-ring (bicyclic) bond motifs is 1. The lowest BCUT2D eigenvalue weighted by Crippen LogP contribution is -2.28. The predicted molar refractivity (Wildman–Crippen MR) is 79.5 cm³/mol. The second-order valence-electron chi connectivity index (χ2n) is 6.65. The highest BCUT2D eigenvalue weighted by atomic mass is 16.1. The zero-order valence-electron chi connectivity index (χ0n) is 12.5. The van der Waals surface area contributed by atoms with Gasteiger partial charge in [-0.3, -0.25) is 4.79 Å². The van der Waals surface area contributed by atoms with Gasteiger partial charge in [-0.05, 0) is 42.9 Å². The maximum atomic E-state index is 12.2. The molecule has 3 nitrogen and oxygen atoms in total. The molecule has 0 radical (unpaired) electrons. The number of hydrogen-bond donors (Lipinski definition) is 0. The smallest absolute Gasteiger partial charge is 0.166 e. The Hall–Kier alpha value is -1.90. The first-order chi connectivity index (χ1) is 9.37. The summed E-state index contributed by atoms with van der Waals surface area (Å²) >= 11 is 0. The normalized spacial score (nSPS) is 17.1. The lowest BCUT2D eigenvalue weighted by molar-refractivity contribution is 0.0911. The van der Waals surface area contributed by atoms with Gasteiger partial charge in [0.15, 0.2) is 5.78 Å². The summed E-state index contributed by atoms with van der Waals surface area (Å²) in [5, 5.41) is 4.48. The van der Waals surface area contributed by atoms with E-state index in [1.165, 1.54) is 11.1 Å². The fraction of sp³-hybridized carbons (Fsp3) is 0.412. The molecular formula is C17H20N2O. The van der Waals surface area contributed by atoms with E-state index in [9.17, 15) is 4.79 Å². The molecule has 0 N–H and O–H groups in total. The average Bonchev–Trinajstić information content (AvgIpc) is 2.74. The Kier molecular flexibility index (Phi) is 2.82. The third-order valence-corrected chi connectivity index (χ3v) is 4.05. The molecule has 0 saturated carbocycles. The summed E-state index contributed by atoms with van der Waals surface area (Å²) in [7, 11) is 0. The largest absolute Gasteiger partial charge is 0.294 e. The van der Waals surface area contributed by atoms with Gasteiger partial charge < -0.3 is 0 Å². The molecule has 1 heterocycles. The number of Topliss-reactive ketones (excluding diaryl/α,β-unsaturated/α-hetero) is 1. The fourth-order valence-electron chi connectivity index (χ4n) is 2.98. The molecule has 0 amide bonds. The topological polar surface area (TPSA) is 34.9 Å². The first-order valence-electron chi connectivity index (χ1n) is 7.05. The van der Waals surface area contributed by atoms with Crippen molar-refractivity contribution in [3.63, 3.8) is 0 Å². The lowest BCUT2D eigenvalue weighted by Gasteiger charge is -2.29. The minimum absolute atomic E-state index is 0.0135. The SMILES string of the molecule is Cc1ccc(C)c(-n2ncc3c2CC(C)(C)CC3=O)c1. The van der Waals surface area contributed by atoms with Gasteiger partial charge in [0.2, 0.25) is 0 Å².